The molecule has 26 heavy (non-hydrogen) atoms. The number of hydrogen-bond acceptors (Lipinski definition) is 3. The molecule has 0 atom stereocenters. The molecule has 0 aliphatic heterocycles. The topological polar surface area (TPSA) is 50.2 Å². The normalized spacial score (nSPS) is 11.0. The van der Waals surface area contributed by atoms with Crippen LogP contribution in [0.25, 0.3) is 21.0 Å². The van der Waals surface area contributed by atoms with E-state index in [0.29, 0.717) is 26.2 Å². The lowest BCUT2D eigenvalue weighted by molar-refractivity contribution is 0.0692. The Bertz CT molecular complexity index is 1000. The van der Waals surface area contributed by atoms with E-state index in [9.17, 15) is 9.90 Å². The van der Waals surface area contributed by atoms with Gasteiger partial charge < -0.3 is 5.11 Å². The van der Waals surface area contributed by atoms with Crippen molar-refractivity contribution in [3.05, 3.63) is 60.1 Å². The number of aromatic carboxylic acids is 1. The Labute approximate surface area is 182 Å². The molecule has 0 bridgehead atoms. The number of benzene rings is 2. The summed E-state index contributed by atoms with van der Waals surface area (Å²) < 4.78 is 0. The number of hydrogen-bond donors (Lipinski definition) is 1. The summed E-state index contributed by atoms with van der Waals surface area (Å²) in [6, 6.07) is 5.93. The van der Waals surface area contributed by atoms with E-state index in [2.05, 4.69) is 4.98 Å². The largest absolute Gasteiger partial charge is 0.476 e. The maximum Gasteiger partial charge on any atom is 0.356 e. The maximum atomic E-state index is 11.7. The predicted molar refractivity (Wildman–Crippen MR) is 110 cm³/mol. The minimum Gasteiger partial charge on any atom is -0.476 e. The molecule has 0 saturated carbocycles. The van der Waals surface area contributed by atoms with Gasteiger partial charge in [0.1, 0.15) is 5.01 Å². The lowest BCUT2D eigenvalue weighted by atomic mass is 10.1. The first kappa shape index (κ1) is 20.0. The van der Waals surface area contributed by atoms with E-state index in [1.807, 2.05) is 0 Å². The number of carboxylic acids is 1. The fraction of sp³-hybridized carbons (Fsp3) is 0. The first-order valence-electron chi connectivity index (χ1n) is 6.73. The van der Waals surface area contributed by atoms with E-state index in [4.69, 9.17) is 69.6 Å². The zero-order chi connectivity index (χ0) is 19.2. The molecule has 0 aliphatic rings. The van der Waals surface area contributed by atoms with Gasteiger partial charge in [0.15, 0.2) is 5.69 Å². The summed E-state index contributed by atoms with van der Waals surface area (Å²) in [7, 11) is 0. The van der Waals surface area contributed by atoms with Crippen molar-refractivity contribution in [2.24, 2.45) is 0 Å². The number of nitrogens with zero attached hydrogens (tertiary/aromatic N) is 1. The highest BCUT2D eigenvalue weighted by molar-refractivity contribution is 7.19. The highest BCUT2D eigenvalue weighted by atomic mass is 35.5. The zero-order valence-electron chi connectivity index (χ0n) is 12.3. The van der Waals surface area contributed by atoms with Gasteiger partial charge in [0.05, 0.1) is 25.0 Å². The van der Waals surface area contributed by atoms with Crippen molar-refractivity contribution in [3.8, 4) is 21.0 Å². The molecule has 1 N–H and O–H groups in total. The summed E-state index contributed by atoms with van der Waals surface area (Å²) in [5, 5.41) is 11.4. The summed E-state index contributed by atoms with van der Waals surface area (Å²) in [4.78, 5) is 16.1. The Kier molecular flexibility index (Phi) is 5.95. The van der Waals surface area contributed by atoms with E-state index < -0.39 is 5.97 Å². The predicted octanol–water partition coefficient (Wildman–Crippen LogP) is 8.10. The summed E-state index contributed by atoms with van der Waals surface area (Å²) in [5.74, 6) is -1.24. The van der Waals surface area contributed by atoms with Crippen LogP contribution in [0.5, 0.6) is 0 Å². The lowest BCUT2D eigenvalue weighted by Crippen LogP contribution is -1.99. The Balaban J connectivity index is 2.29. The van der Waals surface area contributed by atoms with Gasteiger partial charge in [-0.25, -0.2) is 9.78 Å². The van der Waals surface area contributed by atoms with Crippen molar-refractivity contribution in [2.45, 2.75) is 0 Å². The van der Waals surface area contributed by atoms with Gasteiger partial charge in [0.25, 0.3) is 0 Å². The third kappa shape index (κ3) is 3.78. The number of rotatable bonds is 3. The Morgan fingerprint density at radius 3 is 1.65 bits per heavy atom. The highest BCUT2D eigenvalue weighted by Gasteiger charge is 2.25. The van der Waals surface area contributed by atoms with Gasteiger partial charge in [-0.15, -0.1) is 11.3 Å². The van der Waals surface area contributed by atoms with Gasteiger partial charge >= 0.3 is 5.97 Å². The number of carboxylic acid groups (broad SMARTS) is 1. The molecule has 3 aromatic rings. The second-order valence-corrected chi connectivity index (χ2v) is 8.49. The third-order valence-corrected chi connectivity index (χ3v) is 6.00. The fourth-order valence-electron chi connectivity index (χ4n) is 2.25. The van der Waals surface area contributed by atoms with Gasteiger partial charge in [0, 0.05) is 21.2 Å². The molecule has 1 aromatic heterocycles. The van der Waals surface area contributed by atoms with Crippen LogP contribution in [-0.4, -0.2) is 16.1 Å². The van der Waals surface area contributed by atoms with Gasteiger partial charge in [0.2, 0.25) is 0 Å². The summed E-state index contributed by atoms with van der Waals surface area (Å²) in [6.45, 7) is 0. The van der Waals surface area contributed by atoms with Gasteiger partial charge in [-0.1, -0.05) is 69.6 Å². The molecule has 0 fully saturated rings. The van der Waals surface area contributed by atoms with E-state index in [1.165, 1.54) is 24.3 Å². The third-order valence-electron chi connectivity index (χ3n) is 3.28. The van der Waals surface area contributed by atoms with Crippen LogP contribution in [0.15, 0.2) is 24.3 Å². The molecular weight excluding hydrogens is 483 g/mol. The first-order valence-corrected chi connectivity index (χ1v) is 9.81. The van der Waals surface area contributed by atoms with Crippen molar-refractivity contribution in [3.63, 3.8) is 0 Å². The van der Waals surface area contributed by atoms with Crippen LogP contribution >= 0.6 is 80.9 Å². The number of carbonyl (C=O) groups is 1. The molecule has 1 heterocycles. The molecule has 0 spiro atoms. The Morgan fingerprint density at radius 1 is 0.808 bits per heavy atom. The minimum atomic E-state index is -1.24. The molecule has 0 unspecified atom stereocenters. The van der Waals surface area contributed by atoms with Crippen molar-refractivity contribution < 1.29 is 9.90 Å². The Hall–Kier alpha value is -0.720. The number of aromatic nitrogens is 1. The van der Waals surface area contributed by atoms with E-state index in [1.54, 1.807) is 0 Å². The SMILES string of the molecule is O=C(O)c1nc(-c2c(Cl)cc(Cl)cc2Cl)sc1-c1c(Cl)cc(Cl)cc1Cl. The fourth-order valence-corrected chi connectivity index (χ4v) is 5.68. The summed E-state index contributed by atoms with van der Waals surface area (Å²) in [6.07, 6.45) is 0. The first-order chi connectivity index (χ1) is 12.2. The molecule has 3 nitrogen and oxygen atoms in total. The van der Waals surface area contributed by atoms with E-state index >= 15 is 0 Å². The van der Waals surface area contributed by atoms with Crippen LogP contribution < -0.4 is 0 Å². The van der Waals surface area contributed by atoms with Gasteiger partial charge in [-0.3, -0.25) is 0 Å². The van der Waals surface area contributed by atoms with Gasteiger partial charge in [-0.05, 0) is 24.3 Å². The maximum absolute atomic E-state index is 11.7. The molecule has 0 amide bonds. The molecule has 0 saturated heterocycles. The average molecular weight is 488 g/mol. The molecule has 2 aromatic carbocycles. The van der Waals surface area contributed by atoms with Crippen molar-refractivity contribution in [1.82, 2.24) is 4.98 Å². The van der Waals surface area contributed by atoms with Crippen LogP contribution in [0.1, 0.15) is 10.5 Å². The molecule has 0 radical (unpaired) electrons. The van der Waals surface area contributed by atoms with Crippen LogP contribution in [0.2, 0.25) is 30.1 Å². The zero-order valence-corrected chi connectivity index (χ0v) is 17.6. The lowest BCUT2D eigenvalue weighted by Gasteiger charge is -2.06. The smallest absolute Gasteiger partial charge is 0.356 e. The van der Waals surface area contributed by atoms with Crippen LogP contribution in [0.4, 0.5) is 0 Å². The Morgan fingerprint density at radius 2 is 1.23 bits per heavy atom. The van der Waals surface area contributed by atoms with Crippen molar-refractivity contribution >= 4 is 86.9 Å². The number of halogens is 6. The molecular formula is C16H5Cl6NO2S. The summed E-state index contributed by atoms with van der Waals surface area (Å²) >= 11 is 37.8. The molecule has 134 valence electrons. The van der Waals surface area contributed by atoms with E-state index in [-0.39, 0.29) is 30.7 Å². The molecule has 10 heteroatoms. The van der Waals surface area contributed by atoms with Crippen LogP contribution in [0.3, 0.4) is 0 Å². The second-order valence-electron chi connectivity index (χ2n) is 4.99. The highest BCUT2D eigenvalue weighted by Crippen LogP contribution is 2.46. The standard InChI is InChI=1S/C16H5Cl6NO2S/c17-5-1-7(19)11(8(20)2-5)14-13(16(24)25)23-15(26-14)12-9(21)3-6(18)4-10(12)22/h1-4H,(H,24,25). The molecule has 0 aliphatic carbocycles. The van der Waals surface area contributed by atoms with Gasteiger partial charge in [-0.2, -0.15) is 0 Å². The monoisotopic (exact) mass is 485 g/mol. The number of thiazole rings is 1. The minimum absolute atomic E-state index is 0.202. The molecule has 3 rings (SSSR count). The second kappa shape index (κ2) is 7.72. The van der Waals surface area contributed by atoms with Crippen LogP contribution in [0, 0.1) is 0 Å². The quantitative estimate of drug-likeness (QED) is 0.406. The van der Waals surface area contributed by atoms with Crippen molar-refractivity contribution in [2.75, 3.05) is 0 Å². The summed E-state index contributed by atoms with van der Waals surface area (Å²) in [5.41, 5.74) is 0.469. The van der Waals surface area contributed by atoms with Crippen LogP contribution in [-0.2, 0) is 0 Å². The average Bonchev–Trinajstić information content (AvgIpc) is 2.89. The van der Waals surface area contributed by atoms with Crippen molar-refractivity contribution in [1.29, 1.82) is 0 Å². The van der Waals surface area contributed by atoms with E-state index in [0.717, 1.165) is 11.3 Å².